The number of nitrogens with zero attached hydrogens (tertiary/aromatic N) is 1. The number of hydrogen-bond acceptors (Lipinski definition) is 2. The monoisotopic (exact) mass is 283 g/mol. The molecule has 0 bridgehead atoms. The highest BCUT2D eigenvalue weighted by Crippen LogP contribution is 2.18. The van der Waals surface area contributed by atoms with Crippen molar-refractivity contribution < 1.29 is 4.79 Å². The first-order valence-electron chi connectivity index (χ1n) is 7.55. The van der Waals surface area contributed by atoms with E-state index in [1.54, 1.807) is 0 Å². The average Bonchev–Trinajstić information content (AvgIpc) is 2.86. The van der Waals surface area contributed by atoms with Crippen molar-refractivity contribution in [2.45, 2.75) is 46.1 Å². The fourth-order valence-corrected chi connectivity index (χ4v) is 2.97. The number of aromatic nitrogens is 2. The van der Waals surface area contributed by atoms with Crippen molar-refractivity contribution in [2.75, 3.05) is 0 Å². The first-order chi connectivity index (χ1) is 10.1. The summed E-state index contributed by atoms with van der Waals surface area (Å²) < 4.78 is 0. The second kappa shape index (κ2) is 5.72. The molecule has 2 aromatic rings. The lowest BCUT2D eigenvalue weighted by atomic mass is 10.0. The van der Waals surface area contributed by atoms with E-state index < -0.39 is 0 Å². The standard InChI is InChI=1S/C17H21N3O/c1-11-7-12(2)9-13(8-11)17(21)18-10-16-19-14-5-3-4-6-15(14)20-16/h7-9H,3-6,10H2,1-2H3,(H,18,21)(H,19,20). The summed E-state index contributed by atoms with van der Waals surface area (Å²) >= 11 is 0. The molecule has 0 aliphatic heterocycles. The van der Waals surface area contributed by atoms with Gasteiger partial charge in [0, 0.05) is 11.3 Å². The molecule has 4 nitrogen and oxygen atoms in total. The van der Waals surface area contributed by atoms with Crippen LogP contribution in [0.5, 0.6) is 0 Å². The van der Waals surface area contributed by atoms with Crippen LogP contribution in [0.1, 0.15) is 51.5 Å². The van der Waals surface area contributed by atoms with Crippen molar-refractivity contribution >= 4 is 5.91 Å². The molecule has 0 atom stereocenters. The van der Waals surface area contributed by atoms with Crippen LogP contribution in [-0.4, -0.2) is 15.9 Å². The molecule has 1 aliphatic carbocycles. The maximum absolute atomic E-state index is 12.2. The minimum absolute atomic E-state index is 0.0452. The molecular formula is C17H21N3O. The summed E-state index contributed by atoms with van der Waals surface area (Å²) in [6.45, 7) is 4.47. The normalized spacial score (nSPS) is 13.8. The van der Waals surface area contributed by atoms with E-state index in [-0.39, 0.29) is 5.91 Å². The predicted molar refractivity (Wildman–Crippen MR) is 82.3 cm³/mol. The van der Waals surface area contributed by atoms with E-state index in [1.807, 2.05) is 26.0 Å². The Morgan fingerprint density at radius 1 is 1.19 bits per heavy atom. The molecule has 0 fully saturated rings. The van der Waals surface area contributed by atoms with Crippen molar-refractivity contribution in [1.82, 2.24) is 15.3 Å². The molecule has 1 heterocycles. The molecule has 21 heavy (non-hydrogen) atoms. The van der Waals surface area contributed by atoms with Crippen LogP contribution in [-0.2, 0) is 19.4 Å². The van der Waals surface area contributed by atoms with Gasteiger partial charge >= 0.3 is 0 Å². The molecule has 1 aliphatic rings. The van der Waals surface area contributed by atoms with E-state index in [9.17, 15) is 4.79 Å². The lowest BCUT2D eigenvalue weighted by molar-refractivity contribution is 0.0949. The van der Waals surface area contributed by atoms with E-state index in [4.69, 9.17) is 0 Å². The topological polar surface area (TPSA) is 57.8 Å². The number of carbonyl (C=O) groups excluding carboxylic acids is 1. The molecule has 1 aromatic carbocycles. The minimum atomic E-state index is -0.0452. The average molecular weight is 283 g/mol. The summed E-state index contributed by atoms with van der Waals surface area (Å²) in [4.78, 5) is 20.1. The highest BCUT2D eigenvalue weighted by molar-refractivity contribution is 5.94. The van der Waals surface area contributed by atoms with E-state index in [2.05, 4.69) is 21.4 Å². The molecule has 4 heteroatoms. The van der Waals surface area contributed by atoms with Crippen molar-refractivity contribution in [3.05, 3.63) is 52.1 Å². The van der Waals surface area contributed by atoms with Crippen molar-refractivity contribution in [2.24, 2.45) is 0 Å². The molecule has 110 valence electrons. The number of imidazole rings is 1. The largest absolute Gasteiger partial charge is 0.345 e. The Kier molecular flexibility index (Phi) is 3.78. The Balaban J connectivity index is 1.66. The fourth-order valence-electron chi connectivity index (χ4n) is 2.97. The van der Waals surface area contributed by atoms with Gasteiger partial charge in [0.25, 0.3) is 5.91 Å². The van der Waals surface area contributed by atoms with Crippen LogP contribution >= 0.6 is 0 Å². The zero-order valence-corrected chi connectivity index (χ0v) is 12.6. The fraction of sp³-hybridized carbons (Fsp3) is 0.412. The number of benzene rings is 1. The number of carbonyl (C=O) groups is 1. The molecule has 3 rings (SSSR count). The van der Waals surface area contributed by atoms with Gasteiger partial charge in [0.05, 0.1) is 12.2 Å². The summed E-state index contributed by atoms with van der Waals surface area (Å²) in [5.41, 5.74) is 5.35. The van der Waals surface area contributed by atoms with Gasteiger partial charge < -0.3 is 10.3 Å². The molecular weight excluding hydrogens is 262 g/mol. The third-order valence-electron chi connectivity index (χ3n) is 3.90. The minimum Gasteiger partial charge on any atom is -0.345 e. The van der Waals surface area contributed by atoms with Crippen LogP contribution in [0.4, 0.5) is 0 Å². The van der Waals surface area contributed by atoms with Crippen LogP contribution in [0.15, 0.2) is 18.2 Å². The number of H-pyrrole nitrogens is 1. The zero-order chi connectivity index (χ0) is 14.8. The number of aromatic amines is 1. The lowest BCUT2D eigenvalue weighted by Gasteiger charge is -2.07. The van der Waals surface area contributed by atoms with Gasteiger partial charge in [-0.25, -0.2) is 4.98 Å². The number of aryl methyl sites for hydroxylation is 4. The van der Waals surface area contributed by atoms with Gasteiger partial charge in [-0.3, -0.25) is 4.79 Å². The summed E-state index contributed by atoms with van der Waals surface area (Å²) in [5.74, 6) is 0.816. The number of hydrogen-bond donors (Lipinski definition) is 2. The molecule has 2 N–H and O–H groups in total. The maximum Gasteiger partial charge on any atom is 0.251 e. The van der Waals surface area contributed by atoms with Gasteiger partial charge in [0.15, 0.2) is 0 Å². The van der Waals surface area contributed by atoms with Crippen molar-refractivity contribution in [1.29, 1.82) is 0 Å². The maximum atomic E-state index is 12.2. The second-order valence-electron chi connectivity index (χ2n) is 5.87. The van der Waals surface area contributed by atoms with E-state index >= 15 is 0 Å². The van der Waals surface area contributed by atoms with Gasteiger partial charge in [0.2, 0.25) is 0 Å². The molecule has 1 amide bonds. The van der Waals surface area contributed by atoms with Crippen molar-refractivity contribution in [3.8, 4) is 0 Å². The SMILES string of the molecule is Cc1cc(C)cc(C(=O)NCc2nc3c([nH]2)CCCC3)c1. The molecule has 0 unspecified atom stereocenters. The summed E-state index contributed by atoms with van der Waals surface area (Å²) in [5, 5.41) is 2.95. The van der Waals surface area contributed by atoms with Crippen LogP contribution in [0, 0.1) is 13.8 Å². The Morgan fingerprint density at radius 3 is 2.62 bits per heavy atom. The van der Waals surface area contributed by atoms with Gasteiger partial charge in [-0.15, -0.1) is 0 Å². The second-order valence-corrected chi connectivity index (χ2v) is 5.87. The molecule has 0 spiro atoms. The molecule has 0 saturated carbocycles. The third-order valence-corrected chi connectivity index (χ3v) is 3.90. The van der Waals surface area contributed by atoms with Gasteiger partial charge in [-0.2, -0.15) is 0 Å². The van der Waals surface area contributed by atoms with Crippen LogP contribution < -0.4 is 5.32 Å². The smallest absolute Gasteiger partial charge is 0.251 e. The van der Waals surface area contributed by atoms with Gasteiger partial charge in [-0.1, -0.05) is 17.2 Å². The zero-order valence-electron chi connectivity index (χ0n) is 12.6. The number of rotatable bonds is 3. The Morgan fingerprint density at radius 2 is 1.90 bits per heavy atom. The number of amides is 1. The summed E-state index contributed by atoms with van der Waals surface area (Å²) in [6, 6.07) is 5.89. The summed E-state index contributed by atoms with van der Waals surface area (Å²) in [6.07, 6.45) is 4.57. The van der Waals surface area contributed by atoms with Crippen LogP contribution in [0.2, 0.25) is 0 Å². The first-order valence-corrected chi connectivity index (χ1v) is 7.55. The third kappa shape index (κ3) is 3.15. The van der Waals surface area contributed by atoms with Gasteiger partial charge in [0.1, 0.15) is 5.82 Å². The Bertz CT molecular complexity index is 629. The number of fused-ring (bicyclic) bond motifs is 1. The predicted octanol–water partition coefficient (Wildman–Crippen LogP) is 2.84. The Labute approximate surface area is 125 Å². The molecule has 0 saturated heterocycles. The van der Waals surface area contributed by atoms with Crippen LogP contribution in [0.3, 0.4) is 0 Å². The molecule has 1 aromatic heterocycles. The van der Waals surface area contributed by atoms with Gasteiger partial charge in [-0.05, 0) is 51.7 Å². The molecule has 0 radical (unpaired) electrons. The number of nitrogens with one attached hydrogen (secondary N) is 2. The summed E-state index contributed by atoms with van der Waals surface area (Å²) in [7, 11) is 0. The lowest BCUT2D eigenvalue weighted by Crippen LogP contribution is -2.23. The van der Waals surface area contributed by atoms with E-state index in [0.29, 0.717) is 12.1 Å². The van der Waals surface area contributed by atoms with Crippen molar-refractivity contribution in [3.63, 3.8) is 0 Å². The van der Waals surface area contributed by atoms with Crippen LogP contribution in [0.25, 0.3) is 0 Å². The highest BCUT2D eigenvalue weighted by atomic mass is 16.1. The van der Waals surface area contributed by atoms with E-state index in [0.717, 1.165) is 29.8 Å². The first kappa shape index (κ1) is 13.9. The highest BCUT2D eigenvalue weighted by Gasteiger charge is 2.15. The quantitative estimate of drug-likeness (QED) is 0.910. The Hall–Kier alpha value is -2.10. The van der Waals surface area contributed by atoms with E-state index in [1.165, 1.54) is 24.2 Å².